The van der Waals surface area contributed by atoms with E-state index in [0.29, 0.717) is 36.0 Å². The van der Waals surface area contributed by atoms with Gasteiger partial charge >= 0.3 is 0 Å². The second kappa shape index (κ2) is 9.26. The van der Waals surface area contributed by atoms with Gasteiger partial charge in [0.25, 0.3) is 0 Å². The first-order valence-electron chi connectivity index (χ1n) is 11.7. The number of halogens is 1. The number of rotatable bonds is 7. The van der Waals surface area contributed by atoms with Crippen molar-refractivity contribution < 1.29 is 18.3 Å². The Labute approximate surface area is 203 Å². The third kappa shape index (κ3) is 4.23. The molecule has 0 saturated carbocycles. The molecule has 35 heavy (non-hydrogen) atoms. The number of ether oxygens (including phenoxy) is 2. The Kier molecular flexibility index (Phi) is 6.15. The maximum absolute atomic E-state index is 14.3. The fourth-order valence-electron chi connectivity index (χ4n) is 5.10. The average molecular weight is 477 g/mol. The Hall–Kier alpha value is -3.52. The number of fused-ring (bicyclic) bond motifs is 1. The molecule has 4 aromatic rings. The minimum atomic E-state index is -0.388. The van der Waals surface area contributed by atoms with E-state index in [1.165, 1.54) is 0 Å². The van der Waals surface area contributed by atoms with Gasteiger partial charge in [0.15, 0.2) is 17.5 Å². The Bertz CT molecular complexity index is 1360. The summed E-state index contributed by atoms with van der Waals surface area (Å²) in [5.74, 6) is 3.37. The van der Waals surface area contributed by atoms with Crippen LogP contribution >= 0.6 is 0 Å². The summed E-state index contributed by atoms with van der Waals surface area (Å²) in [6.07, 6.45) is 4.16. The molecule has 1 aliphatic rings. The van der Waals surface area contributed by atoms with Gasteiger partial charge in [0, 0.05) is 26.1 Å². The molecule has 0 amide bonds. The van der Waals surface area contributed by atoms with Gasteiger partial charge in [-0.2, -0.15) is 0 Å². The van der Waals surface area contributed by atoms with Gasteiger partial charge in [-0.25, -0.2) is 9.37 Å². The predicted octanol–water partition coefficient (Wildman–Crippen LogP) is 5.29. The zero-order valence-electron chi connectivity index (χ0n) is 20.5. The standard InChI is InChI=1S/C27H29FN4O3/c1-17-6-7-19(12-22(17)28)14-27(16-33-3)10-5-11-32-25(30-31-26(27)32)20-8-9-21(23(13-20)34-4)24-15-29-18(2)35-24/h6-9,12-13,15H,5,10-11,14,16H2,1-4H3. The lowest BCUT2D eigenvalue weighted by molar-refractivity contribution is 0.105. The van der Waals surface area contributed by atoms with Crippen molar-refractivity contribution in [3.63, 3.8) is 0 Å². The van der Waals surface area contributed by atoms with Crippen molar-refractivity contribution in [3.05, 3.63) is 71.3 Å². The third-order valence-corrected chi connectivity index (χ3v) is 6.81. The summed E-state index contributed by atoms with van der Waals surface area (Å²) in [6.45, 7) is 4.87. The van der Waals surface area contributed by atoms with Crippen LogP contribution in [0.15, 0.2) is 47.0 Å². The maximum Gasteiger partial charge on any atom is 0.191 e. The summed E-state index contributed by atoms with van der Waals surface area (Å²) in [5.41, 5.74) is 2.90. The topological polar surface area (TPSA) is 75.2 Å². The van der Waals surface area contributed by atoms with E-state index in [9.17, 15) is 4.39 Å². The van der Waals surface area contributed by atoms with E-state index in [4.69, 9.17) is 13.9 Å². The first-order chi connectivity index (χ1) is 16.9. The molecule has 0 aliphatic carbocycles. The van der Waals surface area contributed by atoms with Crippen molar-refractivity contribution >= 4 is 0 Å². The largest absolute Gasteiger partial charge is 0.496 e. The molecule has 0 radical (unpaired) electrons. The number of hydrogen-bond acceptors (Lipinski definition) is 6. The van der Waals surface area contributed by atoms with Gasteiger partial charge in [0.05, 0.1) is 30.9 Å². The first kappa shape index (κ1) is 23.2. The molecule has 182 valence electrons. The van der Waals surface area contributed by atoms with Gasteiger partial charge in [-0.15, -0.1) is 10.2 Å². The molecular formula is C27H29FN4O3. The highest BCUT2D eigenvalue weighted by Gasteiger charge is 2.41. The molecule has 1 unspecified atom stereocenters. The van der Waals surface area contributed by atoms with Gasteiger partial charge in [0.2, 0.25) is 0 Å². The summed E-state index contributed by atoms with van der Waals surface area (Å²) >= 11 is 0. The van der Waals surface area contributed by atoms with Gasteiger partial charge in [-0.1, -0.05) is 18.2 Å². The molecule has 0 saturated heterocycles. The average Bonchev–Trinajstić information content (AvgIpc) is 3.48. The number of hydrogen-bond donors (Lipinski definition) is 0. The van der Waals surface area contributed by atoms with Crippen LogP contribution in [0.1, 0.15) is 35.7 Å². The molecule has 7 nitrogen and oxygen atoms in total. The van der Waals surface area contributed by atoms with E-state index >= 15 is 0 Å². The monoisotopic (exact) mass is 476 g/mol. The second-order valence-corrected chi connectivity index (χ2v) is 9.23. The Morgan fingerprint density at radius 3 is 2.69 bits per heavy atom. The lowest BCUT2D eigenvalue weighted by atomic mass is 9.75. The van der Waals surface area contributed by atoms with Crippen LogP contribution in [0.3, 0.4) is 0 Å². The molecule has 0 N–H and O–H groups in total. The lowest BCUT2D eigenvalue weighted by Gasteiger charge is -2.36. The van der Waals surface area contributed by atoms with Crippen LogP contribution in [0.25, 0.3) is 22.7 Å². The summed E-state index contributed by atoms with van der Waals surface area (Å²) < 4.78 is 33.5. The molecule has 8 heteroatoms. The van der Waals surface area contributed by atoms with Crippen LogP contribution in [0.5, 0.6) is 5.75 Å². The zero-order valence-corrected chi connectivity index (χ0v) is 20.5. The fourth-order valence-corrected chi connectivity index (χ4v) is 5.10. The van der Waals surface area contributed by atoms with E-state index in [1.807, 2.05) is 37.3 Å². The minimum Gasteiger partial charge on any atom is -0.496 e. The highest BCUT2D eigenvalue weighted by molar-refractivity contribution is 5.71. The quantitative estimate of drug-likeness (QED) is 0.361. The molecule has 1 atom stereocenters. The van der Waals surface area contributed by atoms with E-state index in [2.05, 4.69) is 19.7 Å². The summed E-state index contributed by atoms with van der Waals surface area (Å²) in [7, 11) is 3.33. The van der Waals surface area contributed by atoms with Crippen LogP contribution in [0, 0.1) is 19.7 Å². The lowest BCUT2D eigenvalue weighted by Crippen LogP contribution is -2.40. The van der Waals surface area contributed by atoms with E-state index in [-0.39, 0.29) is 11.2 Å². The van der Waals surface area contributed by atoms with Crippen LogP contribution in [0.2, 0.25) is 0 Å². The number of nitrogens with zero attached hydrogens (tertiary/aromatic N) is 4. The zero-order chi connectivity index (χ0) is 24.6. The van der Waals surface area contributed by atoms with Crippen molar-refractivity contribution in [2.75, 3.05) is 20.8 Å². The number of oxazole rings is 1. The molecule has 0 bridgehead atoms. The van der Waals surface area contributed by atoms with Crippen molar-refractivity contribution in [2.45, 2.75) is 45.1 Å². The Morgan fingerprint density at radius 2 is 1.97 bits per heavy atom. The molecular weight excluding hydrogens is 447 g/mol. The van der Waals surface area contributed by atoms with E-state index < -0.39 is 0 Å². The molecule has 2 aromatic carbocycles. The Morgan fingerprint density at radius 1 is 1.11 bits per heavy atom. The number of benzene rings is 2. The second-order valence-electron chi connectivity index (χ2n) is 9.23. The van der Waals surface area contributed by atoms with Crippen molar-refractivity contribution in [1.82, 2.24) is 19.7 Å². The van der Waals surface area contributed by atoms with E-state index in [0.717, 1.165) is 47.7 Å². The fraction of sp³-hybridized carbons (Fsp3) is 0.370. The van der Waals surface area contributed by atoms with Gasteiger partial charge in [-0.3, -0.25) is 0 Å². The highest BCUT2D eigenvalue weighted by atomic mass is 19.1. The van der Waals surface area contributed by atoms with Crippen molar-refractivity contribution in [1.29, 1.82) is 0 Å². The maximum atomic E-state index is 14.3. The molecule has 3 heterocycles. The summed E-state index contributed by atoms with van der Waals surface area (Å²) in [4.78, 5) is 4.19. The van der Waals surface area contributed by atoms with Crippen molar-refractivity contribution in [3.8, 4) is 28.5 Å². The number of aromatic nitrogens is 4. The molecule has 0 spiro atoms. The summed E-state index contributed by atoms with van der Waals surface area (Å²) in [5, 5.41) is 9.24. The van der Waals surface area contributed by atoms with Crippen LogP contribution < -0.4 is 4.74 Å². The molecule has 5 rings (SSSR count). The van der Waals surface area contributed by atoms with E-state index in [1.54, 1.807) is 33.4 Å². The Balaban J connectivity index is 1.54. The van der Waals surface area contributed by atoms with Crippen molar-refractivity contribution in [2.24, 2.45) is 0 Å². The first-order valence-corrected chi connectivity index (χ1v) is 11.7. The number of methoxy groups -OCH3 is 2. The van der Waals surface area contributed by atoms with Gasteiger partial charge < -0.3 is 18.5 Å². The molecule has 1 aliphatic heterocycles. The predicted molar refractivity (Wildman–Crippen MR) is 130 cm³/mol. The highest BCUT2D eigenvalue weighted by Crippen LogP contribution is 2.40. The minimum absolute atomic E-state index is 0.192. The number of aryl methyl sites for hydroxylation is 2. The smallest absolute Gasteiger partial charge is 0.191 e. The van der Waals surface area contributed by atoms with Crippen LogP contribution in [0.4, 0.5) is 4.39 Å². The third-order valence-electron chi connectivity index (χ3n) is 6.81. The van der Waals surface area contributed by atoms with Crippen LogP contribution in [-0.4, -0.2) is 40.6 Å². The normalized spacial score (nSPS) is 17.4. The summed E-state index contributed by atoms with van der Waals surface area (Å²) in [6, 6.07) is 11.3. The van der Waals surface area contributed by atoms with Gasteiger partial charge in [0.1, 0.15) is 17.4 Å². The molecule has 2 aromatic heterocycles. The van der Waals surface area contributed by atoms with Gasteiger partial charge in [-0.05, 0) is 55.5 Å². The molecule has 0 fully saturated rings. The van der Waals surface area contributed by atoms with Crippen LogP contribution in [-0.2, 0) is 23.1 Å². The SMILES string of the molecule is COCC1(Cc2ccc(C)c(F)c2)CCCn2c(-c3ccc(-c4cnc(C)o4)c(OC)c3)nnc21.